The summed E-state index contributed by atoms with van der Waals surface area (Å²) in [5.41, 5.74) is -0.394. The molecule has 0 radical (unpaired) electrons. The predicted molar refractivity (Wildman–Crippen MR) is 55.9 cm³/mol. The van der Waals surface area contributed by atoms with Crippen molar-refractivity contribution in [2.24, 2.45) is 17.3 Å². The lowest BCUT2D eigenvalue weighted by Gasteiger charge is -2.31. The third-order valence-electron chi connectivity index (χ3n) is 3.18. The van der Waals surface area contributed by atoms with E-state index in [1.807, 2.05) is 20.8 Å². The van der Waals surface area contributed by atoms with Crippen LogP contribution < -0.4 is 0 Å². The summed E-state index contributed by atoms with van der Waals surface area (Å²) in [5.74, 6) is -0.555. The highest BCUT2D eigenvalue weighted by Crippen LogP contribution is 2.36. The van der Waals surface area contributed by atoms with Crippen LogP contribution in [0.25, 0.3) is 0 Å². The van der Waals surface area contributed by atoms with Crippen LogP contribution in [0.1, 0.15) is 46.5 Å². The third-order valence-corrected chi connectivity index (χ3v) is 3.18. The van der Waals surface area contributed by atoms with E-state index in [-0.39, 0.29) is 11.7 Å². The van der Waals surface area contributed by atoms with Gasteiger partial charge in [-0.25, -0.2) is 8.78 Å². The molecule has 0 spiro atoms. The second kappa shape index (κ2) is 4.58. The zero-order chi connectivity index (χ0) is 11.6. The number of halogens is 2. The number of ketones is 1. The minimum atomic E-state index is -2.26. The van der Waals surface area contributed by atoms with Gasteiger partial charge in [-0.1, -0.05) is 27.2 Å². The summed E-state index contributed by atoms with van der Waals surface area (Å²) in [7, 11) is 0. The molecule has 1 aliphatic carbocycles. The molecule has 2 atom stereocenters. The van der Waals surface area contributed by atoms with Gasteiger partial charge >= 0.3 is 0 Å². The van der Waals surface area contributed by atoms with E-state index in [0.717, 1.165) is 12.8 Å². The first-order chi connectivity index (χ1) is 6.82. The standard InChI is InChI=1S/C12H20F2O/c1-12(2,3)10(15)8-5-4-6-9(7-8)11(13)14/h8-9,11H,4-7H2,1-3H3. The van der Waals surface area contributed by atoms with Gasteiger partial charge in [0.1, 0.15) is 5.78 Å². The Bertz CT molecular complexity index is 230. The minimum absolute atomic E-state index is 0.141. The van der Waals surface area contributed by atoms with Crippen molar-refractivity contribution in [1.29, 1.82) is 0 Å². The highest BCUT2D eigenvalue weighted by atomic mass is 19.3. The predicted octanol–water partition coefficient (Wildman–Crippen LogP) is 3.67. The molecule has 0 N–H and O–H groups in total. The Balaban J connectivity index is 2.60. The monoisotopic (exact) mass is 218 g/mol. The molecule has 1 aliphatic rings. The molecule has 1 nitrogen and oxygen atoms in total. The maximum Gasteiger partial charge on any atom is 0.241 e. The lowest BCUT2D eigenvalue weighted by molar-refractivity contribution is -0.132. The maximum absolute atomic E-state index is 12.5. The number of carbonyl (C=O) groups excluding carboxylic acids is 1. The van der Waals surface area contributed by atoms with Crippen molar-refractivity contribution in [2.45, 2.75) is 52.9 Å². The van der Waals surface area contributed by atoms with Crippen molar-refractivity contribution >= 4 is 5.78 Å². The van der Waals surface area contributed by atoms with Gasteiger partial charge in [0, 0.05) is 17.3 Å². The van der Waals surface area contributed by atoms with Crippen LogP contribution >= 0.6 is 0 Å². The van der Waals surface area contributed by atoms with E-state index in [1.165, 1.54) is 0 Å². The van der Waals surface area contributed by atoms with Crippen LogP contribution in [0.5, 0.6) is 0 Å². The van der Waals surface area contributed by atoms with Crippen molar-refractivity contribution in [3.8, 4) is 0 Å². The van der Waals surface area contributed by atoms with Gasteiger partial charge in [0.15, 0.2) is 0 Å². The molecule has 2 unspecified atom stereocenters. The van der Waals surface area contributed by atoms with Crippen LogP contribution in [0.4, 0.5) is 8.78 Å². The maximum atomic E-state index is 12.5. The van der Waals surface area contributed by atoms with Gasteiger partial charge in [-0.05, 0) is 19.3 Å². The molecule has 1 saturated carbocycles. The van der Waals surface area contributed by atoms with Gasteiger partial charge in [-0.15, -0.1) is 0 Å². The highest BCUT2D eigenvalue weighted by molar-refractivity contribution is 5.86. The zero-order valence-corrected chi connectivity index (χ0v) is 9.72. The molecule has 88 valence electrons. The van der Waals surface area contributed by atoms with Gasteiger partial charge < -0.3 is 0 Å². The van der Waals surface area contributed by atoms with Crippen LogP contribution in [0.3, 0.4) is 0 Å². The van der Waals surface area contributed by atoms with Gasteiger partial charge in [0.25, 0.3) is 0 Å². The Morgan fingerprint density at radius 3 is 2.33 bits per heavy atom. The van der Waals surface area contributed by atoms with Crippen LogP contribution in [0, 0.1) is 17.3 Å². The van der Waals surface area contributed by atoms with Crippen molar-refractivity contribution < 1.29 is 13.6 Å². The Hall–Kier alpha value is -0.470. The second-order valence-corrected chi connectivity index (χ2v) is 5.57. The van der Waals surface area contributed by atoms with Gasteiger partial charge in [-0.2, -0.15) is 0 Å². The van der Waals surface area contributed by atoms with Crippen molar-refractivity contribution in [3.63, 3.8) is 0 Å². The number of hydrogen-bond donors (Lipinski definition) is 0. The molecule has 0 aromatic rings. The molecule has 1 fully saturated rings. The largest absolute Gasteiger partial charge is 0.299 e. The molecule has 0 aromatic heterocycles. The Morgan fingerprint density at radius 1 is 1.27 bits per heavy atom. The van der Waals surface area contributed by atoms with Gasteiger partial charge in [0.2, 0.25) is 6.43 Å². The van der Waals surface area contributed by atoms with Crippen LogP contribution in [0.2, 0.25) is 0 Å². The van der Waals surface area contributed by atoms with Crippen LogP contribution in [-0.4, -0.2) is 12.2 Å². The summed E-state index contributed by atoms with van der Waals surface area (Å²) >= 11 is 0. The average molecular weight is 218 g/mol. The fraction of sp³-hybridized carbons (Fsp3) is 0.917. The van der Waals surface area contributed by atoms with E-state index >= 15 is 0 Å². The number of rotatable bonds is 2. The molecule has 1 rings (SSSR count). The first-order valence-corrected chi connectivity index (χ1v) is 5.65. The van der Waals surface area contributed by atoms with Crippen molar-refractivity contribution in [1.82, 2.24) is 0 Å². The zero-order valence-electron chi connectivity index (χ0n) is 9.72. The fourth-order valence-electron chi connectivity index (χ4n) is 2.31. The SMILES string of the molecule is CC(C)(C)C(=O)C1CCCC(C(F)F)C1. The highest BCUT2D eigenvalue weighted by Gasteiger charge is 2.36. The van der Waals surface area contributed by atoms with E-state index in [9.17, 15) is 13.6 Å². The number of carbonyl (C=O) groups is 1. The fourth-order valence-corrected chi connectivity index (χ4v) is 2.31. The Labute approximate surface area is 90.2 Å². The summed E-state index contributed by atoms with van der Waals surface area (Å²) < 4.78 is 25.1. The normalized spacial score (nSPS) is 28.1. The van der Waals surface area contributed by atoms with Gasteiger partial charge in [0.05, 0.1) is 0 Å². The minimum Gasteiger partial charge on any atom is -0.299 e. The molecule has 15 heavy (non-hydrogen) atoms. The van der Waals surface area contributed by atoms with Crippen LogP contribution in [-0.2, 0) is 4.79 Å². The van der Waals surface area contributed by atoms with Gasteiger partial charge in [-0.3, -0.25) is 4.79 Å². The molecule has 3 heteroatoms. The summed E-state index contributed by atoms with van der Waals surface area (Å²) in [6.45, 7) is 5.59. The Morgan fingerprint density at radius 2 is 1.87 bits per heavy atom. The van der Waals surface area contributed by atoms with Crippen molar-refractivity contribution in [3.05, 3.63) is 0 Å². The number of hydrogen-bond acceptors (Lipinski definition) is 1. The molecule has 0 bridgehead atoms. The second-order valence-electron chi connectivity index (χ2n) is 5.57. The summed E-state index contributed by atoms with van der Waals surface area (Å²) in [4.78, 5) is 11.9. The molecular formula is C12H20F2O. The van der Waals surface area contributed by atoms with E-state index in [0.29, 0.717) is 12.8 Å². The van der Waals surface area contributed by atoms with Crippen molar-refractivity contribution in [2.75, 3.05) is 0 Å². The average Bonchev–Trinajstić information content (AvgIpc) is 2.15. The van der Waals surface area contributed by atoms with Crippen LogP contribution in [0.15, 0.2) is 0 Å². The number of alkyl halides is 2. The Kier molecular flexibility index (Phi) is 3.85. The first-order valence-electron chi connectivity index (χ1n) is 5.65. The number of Topliss-reactive ketones (excluding diaryl/α,β-unsaturated/α-hetero) is 1. The topological polar surface area (TPSA) is 17.1 Å². The molecule has 0 amide bonds. The molecule has 0 saturated heterocycles. The van der Waals surface area contributed by atoms with E-state index in [2.05, 4.69) is 0 Å². The molecular weight excluding hydrogens is 198 g/mol. The molecule has 0 heterocycles. The van der Waals surface area contributed by atoms with E-state index in [1.54, 1.807) is 0 Å². The smallest absolute Gasteiger partial charge is 0.241 e. The quantitative estimate of drug-likeness (QED) is 0.691. The lowest BCUT2D eigenvalue weighted by atomic mass is 9.73. The molecule has 0 aliphatic heterocycles. The molecule has 0 aromatic carbocycles. The summed E-state index contributed by atoms with van der Waals surface area (Å²) in [6, 6.07) is 0. The van der Waals surface area contributed by atoms with E-state index < -0.39 is 17.8 Å². The summed E-state index contributed by atoms with van der Waals surface area (Å²) in [6.07, 6.45) is 0.251. The first kappa shape index (κ1) is 12.6. The lowest BCUT2D eigenvalue weighted by Crippen LogP contribution is -2.33. The summed E-state index contributed by atoms with van der Waals surface area (Å²) in [5, 5.41) is 0. The van der Waals surface area contributed by atoms with E-state index in [4.69, 9.17) is 0 Å². The third kappa shape index (κ3) is 3.25.